The zero-order valence-electron chi connectivity index (χ0n) is 10.7. The molecule has 0 spiro atoms. The fourth-order valence-electron chi connectivity index (χ4n) is 1.50. The lowest BCUT2D eigenvalue weighted by Crippen LogP contribution is -2.43. The predicted octanol–water partition coefficient (Wildman–Crippen LogP) is -1.91. The van der Waals surface area contributed by atoms with Gasteiger partial charge in [0.2, 0.25) is 0 Å². The highest BCUT2D eigenvalue weighted by atomic mass is 32.2. The van der Waals surface area contributed by atoms with Crippen LogP contribution in [0.15, 0.2) is 20.7 Å². The average molecular weight is 304 g/mol. The van der Waals surface area contributed by atoms with Gasteiger partial charge in [0, 0.05) is 12.5 Å². The molecule has 1 aromatic heterocycles. The summed E-state index contributed by atoms with van der Waals surface area (Å²) >= 11 is 0. The lowest BCUT2D eigenvalue weighted by atomic mass is 10.4. The van der Waals surface area contributed by atoms with Gasteiger partial charge in [-0.15, -0.1) is 0 Å². The lowest BCUT2D eigenvalue weighted by molar-refractivity contribution is -0.137. The second-order valence-electron chi connectivity index (χ2n) is 4.16. The number of hydrogen-bond acceptors (Lipinski definition) is 6. The molecule has 0 aromatic carbocycles. The Balaban J connectivity index is 3.74. The van der Waals surface area contributed by atoms with E-state index >= 15 is 0 Å². The molecule has 0 atom stereocenters. The summed E-state index contributed by atoms with van der Waals surface area (Å²) in [5.74, 6) is -1.93. The number of aromatic nitrogens is 2. The summed E-state index contributed by atoms with van der Waals surface area (Å²) in [5, 5.41) is 8.66. The molecule has 110 valence electrons. The third-order valence-electron chi connectivity index (χ3n) is 2.29. The van der Waals surface area contributed by atoms with Crippen LogP contribution in [0, 0.1) is 0 Å². The van der Waals surface area contributed by atoms with Crippen LogP contribution in [0.4, 0.5) is 0 Å². The number of carboxylic acids is 1. The van der Waals surface area contributed by atoms with E-state index in [1.807, 2.05) is 0 Å². The van der Waals surface area contributed by atoms with Gasteiger partial charge >= 0.3 is 11.7 Å². The number of aliphatic carboxylic acids is 1. The van der Waals surface area contributed by atoms with E-state index in [4.69, 9.17) is 5.11 Å². The van der Waals surface area contributed by atoms with Gasteiger partial charge in [-0.1, -0.05) is 0 Å². The van der Waals surface area contributed by atoms with Gasteiger partial charge in [-0.2, -0.15) is 0 Å². The first kappa shape index (κ1) is 15.8. The van der Waals surface area contributed by atoms with Gasteiger partial charge in [0.1, 0.15) is 17.2 Å². The van der Waals surface area contributed by atoms with Gasteiger partial charge in [-0.3, -0.25) is 23.5 Å². The standard InChI is InChI=1S/C10H12N2O7S/c1-6(13)3-12-9(16)7(20(2,18)19)4-11(10(12)17)5-8(14)15/h4H,3,5H2,1-2H3,(H,14,15). The fraction of sp³-hybridized carbons (Fsp3) is 0.400. The molecule has 0 aliphatic carbocycles. The van der Waals surface area contributed by atoms with Crippen molar-refractivity contribution in [3.8, 4) is 0 Å². The molecule has 0 saturated carbocycles. The molecule has 20 heavy (non-hydrogen) atoms. The molecule has 1 aromatic rings. The van der Waals surface area contributed by atoms with Crippen molar-refractivity contribution >= 4 is 21.6 Å². The van der Waals surface area contributed by atoms with Gasteiger partial charge in [0.05, 0.1) is 6.54 Å². The summed E-state index contributed by atoms with van der Waals surface area (Å²) in [6.45, 7) is -0.333. The Morgan fingerprint density at radius 1 is 1.25 bits per heavy atom. The largest absolute Gasteiger partial charge is 0.480 e. The lowest BCUT2D eigenvalue weighted by Gasteiger charge is -2.09. The van der Waals surface area contributed by atoms with E-state index in [0.29, 0.717) is 15.3 Å². The van der Waals surface area contributed by atoms with Crippen LogP contribution in [-0.4, -0.2) is 40.7 Å². The summed E-state index contributed by atoms with van der Waals surface area (Å²) < 4.78 is 23.9. The second kappa shape index (κ2) is 5.41. The molecule has 0 fully saturated rings. The minimum Gasteiger partial charge on any atom is -0.480 e. The molecular weight excluding hydrogens is 292 g/mol. The molecule has 0 aliphatic heterocycles. The van der Waals surface area contributed by atoms with Crippen LogP contribution in [0.3, 0.4) is 0 Å². The van der Waals surface area contributed by atoms with Crippen LogP contribution < -0.4 is 11.2 Å². The van der Waals surface area contributed by atoms with Gasteiger partial charge in [-0.05, 0) is 6.92 Å². The molecule has 1 rings (SSSR count). The molecule has 10 heteroatoms. The Morgan fingerprint density at radius 3 is 2.20 bits per heavy atom. The van der Waals surface area contributed by atoms with E-state index in [1.54, 1.807) is 0 Å². The third-order valence-corrected chi connectivity index (χ3v) is 3.37. The Bertz CT molecular complexity index is 785. The minimum atomic E-state index is -3.96. The Kier molecular flexibility index (Phi) is 4.28. The van der Waals surface area contributed by atoms with Crippen LogP contribution in [0.2, 0.25) is 0 Å². The van der Waals surface area contributed by atoms with Crippen LogP contribution in [0.5, 0.6) is 0 Å². The van der Waals surface area contributed by atoms with Crippen molar-refractivity contribution in [3.63, 3.8) is 0 Å². The van der Waals surface area contributed by atoms with Crippen molar-refractivity contribution in [2.75, 3.05) is 6.26 Å². The van der Waals surface area contributed by atoms with Crippen molar-refractivity contribution in [2.24, 2.45) is 0 Å². The number of hydrogen-bond donors (Lipinski definition) is 1. The van der Waals surface area contributed by atoms with Crippen molar-refractivity contribution in [1.82, 2.24) is 9.13 Å². The molecular formula is C10H12N2O7S. The Hall–Kier alpha value is -2.23. The highest BCUT2D eigenvalue weighted by Crippen LogP contribution is 2.00. The second-order valence-corrected chi connectivity index (χ2v) is 6.15. The summed E-state index contributed by atoms with van der Waals surface area (Å²) in [6, 6.07) is 0. The van der Waals surface area contributed by atoms with E-state index in [1.165, 1.54) is 0 Å². The van der Waals surface area contributed by atoms with E-state index < -0.39 is 50.8 Å². The van der Waals surface area contributed by atoms with Gasteiger partial charge < -0.3 is 5.11 Å². The summed E-state index contributed by atoms with van der Waals surface area (Å²) in [6.07, 6.45) is 1.42. The Labute approximate surface area is 113 Å². The first-order valence-electron chi connectivity index (χ1n) is 5.29. The number of nitrogens with zero attached hydrogens (tertiary/aromatic N) is 2. The van der Waals surface area contributed by atoms with Crippen LogP contribution in [-0.2, 0) is 32.5 Å². The number of carbonyl (C=O) groups excluding carboxylic acids is 1. The molecule has 1 N–H and O–H groups in total. The van der Waals surface area contributed by atoms with E-state index in [-0.39, 0.29) is 0 Å². The average Bonchev–Trinajstić information content (AvgIpc) is 2.25. The Morgan fingerprint density at radius 2 is 1.80 bits per heavy atom. The maximum atomic E-state index is 11.9. The fourth-order valence-corrected chi connectivity index (χ4v) is 2.25. The summed E-state index contributed by atoms with van der Waals surface area (Å²) in [4.78, 5) is 44.7. The quantitative estimate of drug-likeness (QED) is 0.671. The summed E-state index contributed by atoms with van der Waals surface area (Å²) in [5.41, 5.74) is -2.20. The molecule has 0 bridgehead atoms. The number of carbonyl (C=O) groups is 2. The number of ketones is 1. The molecule has 0 radical (unpaired) electrons. The predicted molar refractivity (Wildman–Crippen MR) is 66.4 cm³/mol. The van der Waals surface area contributed by atoms with Crippen molar-refractivity contribution in [2.45, 2.75) is 24.9 Å². The van der Waals surface area contributed by atoms with E-state index in [0.717, 1.165) is 13.2 Å². The smallest absolute Gasteiger partial charge is 0.332 e. The molecule has 1 heterocycles. The van der Waals surface area contributed by atoms with Gasteiger partial charge in [-0.25, -0.2) is 13.2 Å². The normalized spacial score (nSPS) is 11.3. The maximum Gasteiger partial charge on any atom is 0.332 e. The zero-order chi connectivity index (χ0) is 15.7. The highest BCUT2D eigenvalue weighted by molar-refractivity contribution is 7.90. The van der Waals surface area contributed by atoms with Crippen LogP contribution in [0.1, 0.15) is 6.92 Å². The molecule has 0 saturated heterocycles. The van der Waals surface area contributed by atoms with Crippen molar-refractivity contribution < 1.29 is 23.1 Å². The topological polar surface area (TPSA) is 133 Å². The van der Waals surface area contributed by atoms with Gasteiger partial charge in [0.25, 0.3) is 5.56 Å². The molecule has 0 aliphatic rings. The van der Waals surface area contributed by atoms with Gasteiger partial charge in [0.15, 0.2) is 9.84 Å². The van der Waals surface area contributed by atoms with E-state index in [2.05, 4.69) is 0 Å². The SMILES string of the molecule is CC(=O)Cn1c(=O)c(S(C)(=O)=O)cn(CC(=O)O)c1=O. The maximum absolute atomic E-state index is 11.9. The van der Waals surface area contributed by atoms with Crippen molar-refractivity contribution in [1.29, 1.82) is 0 Å². The first-order valence-corrected chi connectivity index (χ1v) is 7.18. The number of sulfone groups is 1. The van der Waals surface area contributed by atoms with Crippen LogP contribution >= 0.6 is 0 Å². The monoisotopic (exact) mass is 304 g/mol. The number of carboxylic acid groups (broad SMARTS) is 1. The number of rotatable bonds is 5. The van der Waals surface area contributed by atoms with Crippen LogP contribution in [0.25, 0.3) is 0 Å². The third kappa shape index (κ3) is 3.41. The zero-order valence-corrected chi connectivity index (χ0v) is 11.5. The molecule has 0 amide bonds. The van der Waals surface area contributed by atoms with E-state index in [9.17, 15) is 27.6 Å². The first-order chi connectivity index (χ1) is 9.04. The minimum absolute atomic E-state index is 0.404. The molecule has 0 unspecified atom stereocenters. The summed E-state index contributed by atoms with van der Waals surface area (Å²) in [7, 11) is -3.96. The van der Waals surface area contributed by atoms with Crippen molar-refractivity contribution in [3.05, 3.63) is 27.0 Å². The molecule has 9 nitrogen and oxygen atoms in total. The highest BCUT2D eigenvalue weighted by Gasteiger charge is 2.20. The number of Topliss-reactive ketones (excluding diaryl/α,β-unsaturated/α-hetero) is 1.